The van der Waals surface area contributed by atoms with Crippen LogP contribution in [-0.4, -0.2) is 0 Å². The first-order valence-electron chi connectivity index (χ1n) is 7.55. The quantitative estimate of drug-likeness (QED) is 0.416. The van der Waals surface area contributed by atoms with E-state index < -0.39 is 0 Å². The smallest absolute Gasteiger partial charge is 0.00992 e. The molecule has 22 heavy (non-hydrogen) atoms. The van der Waals surface area contributed by atoms with E-state index in [0.29, 0.717) is 0 Å². The maximum Gasteiger partial charge on any atom is -0.00992 e. The van der Waals surface area contributed by atoms with Gasteiger partial charge in [-0.3, -0.25) is 0 Å². The zero-order valence-electron chi connectivity index (χ0n) is 12.2. The second-order valence-electron chi connectivity index (χ2n) is 5.47. The van der Waals surface area contributed by atoms with Crippen LogP contribution in [0.3, 0.4) is 0 Å². The lowest BCUT2D eigenvalue weighted by Crippen LogP contribution is -1.94. The van der Waals surface area contributed by atoms with E-state index in [-0.39, 0.29) is 0 Å². The molecule has 4 rings (SSSR count). The zero-order valence-corrected chi connectivity index (χ0v) is 12.2. The maximum absolute atomic E-state index is 2.30. The molecule has 0 radical (unpaired) electrons. The van der Waals surface area contributed by atoms with E-state index in [9.17, 15) is 0 Å². The van der Waals surface area contributed by atoms with Gasteiger partial charge in [0.1, 0.15) is 0 Å². The summed E-state index contributed by atoms with van der Waals surface area (Å²) < 4.78 is 0. The number of hydrogen-bond donors (Lipinski definition) is 0. The van der Waals surface area contributed by atoms with Crippen molar-refractivity contribution in [2.75, 3.05) is 0 Å². The first kappa shape index (κ1) is 12.8. The fraction of sp³-hybridized carbons (Fsp3) is 0. The van der Waals surface area contributed by atoms with Gasteiger partial charge in [-0.2, -0.15) is 0 Å². The van der Waals surface area contributed by atoms with Crippen molar-refractivity contribution in [1.29, 1.82) is 0 Å². The molecule has 0 nitrogen and oxygen atoms in total. The van der Waals surface area contributed by atoms with Crippen molar-refractivity contribution in [3.63, 3.8) is 0 Å². The molecule has 0 spiro atoms. The fourth-order valence-corrected chi connectivity index (χ4v) is 2.95. The Morgan fingerprint density at radius 2 is 1.05 bits per heavy atom. The predicted octanol–water partition coefficient (Wildman–Crippen LogP) is 5.76. The Labute approximate surface area is 131 Å². The van der Waals surface area contributed by atoms with Gasteiger partial charge < -0.3 is 0 Å². The van der Waals surface area contributed by atoms with E-state index in [1.54, 1.807) is 0 Å². The Kier molecular flexibility index (Phi) is 3.21. The van der Waals surface area contributed by atoms with Crippen LogP contribution in [0.2, 0.25) is 0 Å². The molecular weight excluding hydrogens is 264 g/mol. The van der Waals surface area contributed by atoms with Gasteiger partial charge in [0.05, 0.1) is 0 Å². The van der Waals surface area contributed by atoms with Crippen molar-refractivity contribution in [3.05, 3.63) is 107 Å². The third kappa shape index (κ3) is 2.29. The van der Waals surface area contributed by atoms with Crippen molar-refractivity contribution in [1.82, 2.24) is 0 Å². The van der Waals surface area contributed by atoms with Crippen LogP contribution in [0.1, 0.15) is 27.8 Å². The second kappa shape index (κ2) is 5.50. The SMILES string of the molecule is C1=C\c2ccccc2/C(c2ccccc2)=C\c2ccccc2/1. The van der Waals surface area contributed by atoms with Gasteiger partial charge in [0.2, 0.25) is 0 Å². The van der Waals surface area contributed by atoms with Crippen LogP contribution in [0.5, 0.6) is 0 Å². The normalized spacial score (nSPS) is 16.5. The van der Waals surface area contributed by atoms with Crippen molar-refractivity contribution in [2.45, 2.75) is 0 Å². The van der Waals surface area contributed by atoms with E-state index in [2.05, 4.69) is 97.1 Å². The first-order chi connectivity index (χ1) is 10.9. The molecule has 0 heterocycles. The van der Waals surface area contributed by atoms with Gasteiger partial charge in [-0.15, -0.1) is 0 Å². The van der Waals surface area contributed by atoms with E-state index in [0.717, 1.165) is 0 Å². The van der Waals surface area contributed by atoms with Crippen molar-refractivity contribution in [2.24, 2.45) is 0 Å². The summed E-state index contributed by atoms with van der Waals surface area (Å²) in [5, 5.41) is 0. The third-order valence-corrected chi connectivity index (χ3v) is 4.07. The van der Waals surface area contributed by atoms with E-state index in [1.165, 1.54) is 33.4 Å². The van der Waals surface area contributed by atoms with Gasteiger partial charge in [0, 0.05) is 0 Å². The van der Waals surface area contributed by atoms with Gasteiger partial charge in [-0.25, -0.2) is 0 Å². The molecule has 104 valence electrons. The molecule has 3 aromatic rings. The molecule has 0 saturated carbocycles. The lowest BCUT2D eigenvalue weighted by Gasteiger charge is -2.15. The lowest BCUT2D eigenvalue weighted by molar-refractivity contribution is 1.52. The molecule has 0 bridgehead atoms. The van der Waals surface area contributed by atoms with Crippen LogP contribution in [0.4, 0.5) is 0 Å². The van der Waals surface area contributed by atoms with Gasteiger partial charge in [-0.05, 0) is 39.5 Å². The standard InChI is InChI=1S/C22H16/c1-2-9-18(10-3-1)22-16-20-12-5-4-8-17(20)14-15-19-11-6-7-13-21(19)22/h1-16H/b15-14-,17-14?,19-15?,20-16?,22-16-,22-21?. The van der Waals surface area contributed by atoms with E-state index in [4.69, 9.17) is 0 Å². The van der Waals surface area contributed by atoms with Crippen molar-refractivity contribution >= 4 is 23.8 Å². The molecule has 0 atom stereocenters. The molecule has 0 N–H and O–H groups in total. The summed E-state index contributed by atoms with van der Waals surface area (Å²) in [6.07, 6.45) is 6.71. The third-order valence-electron chi connectivity index (χ3n) is 4.07. The van der Waals surface area contributed by atoms with Crippen LogP contribution in [0, 0.1) is 0 Å². The summed E-state index contributed by atoms with van der Waals surface area (Å²) in [5.41, 5.74) is 7.57. The molecule has 0 heteroatoms. The molecule has 0 unspecified atom stereocenters. The van der Waals surface area contributed by atoms with Gasteiger partial charge in [-0.1, -0.05) is 91.0 Å². The number of fused-ring (bicyclic) bond motifs is 2. The Morgan fingerprint density at radius 3 is 1.86 bits per heavy atom. The van der Waals surface area contributed by atoms with E-state index in [1.807, 2.05) is 0 Å². The van der Waals surface area contributed by atoms with E-state index >= 15 is 0 Å². The number of benzene rings is 3. The average molecular weight is 280 g/mol. The molecule has 0 amide bonds. The minimum Gasteiger partial charge on any atom is -0.0622 e. The molecule has 3 aromatic carbocycles. The molecular formula is C22H16. The summed E-state index contributed by atoms with van der Waals surface area (Å²) in [7, 11) is 0. The highest BCUT2D eigenvalue weighted by Crippen LogP contribution is 2.32. The van der Waals surface area contributed by atoms with Gasteiger partial charge >= 0.3 is 0 Å². The van der Waals surface area contributed by atoms with Crippen LogP contribution in [0.25, 0.3) is 23.8 Å². The molecule has 0 fully saturated rings. The highest BCUT2D eigenvalue weighted by Gasteiger charge is 2.11. The molecule has 1 aliphatic carbocycles. The largest absolute Gasteiger partial charge is 0.0622 e. The summed E-state index contributed by atoms with van der Waals surface area (Å²) >= 11 is 0. The second-order valence-corrected chi connectivity index (χ2v) is 5.47. The van der Waals surface area contributed by atoms with Crippen LogP contribution in [0.15, 0.2) is 78.9 Å². The van der Waals surface area contributed by atoms with Crippen LogP contribution >= 0.6 is 0 Å². The monoisotopic (exact) mass is 280 g/mol. The van der Waals surface area contributed by atoms with Crippen LogP contribution < -0.4 is 0 Å². The highest BCUT2D eigenvalue weighted by atomic mass is 14.1. The number of rotatable bonds is 1. The first-order valence-corrected chi connectivity index (χ1v) is 7.55. The highest BCUT2D eigenvalue weighted by molar-refractivity contribution is 5.98. The summed E-state index contributed by atoms with van der Waals surface area (Å²) in [6.45, 7) is 0. The molecule has 0 aromatic heterocycles. The molecule has 1 aliphatic rings. The number of hydrogen-bond acceptors (Lipinski definition) is 0. The topological polar surface area (TPSA) is 0 Å². The van der Waals surface area contributed by atoms with Crippen LogP contribution in [-0.2, 0) is 0 Å². The Balaban J connectivity index is 2.02. The zero-order chi connectivity index (χ0) is 14.8. The minimum absolute atomic E-state index is 1.25. The maximum atomic E-state index is 2.30. The fourth-order valence-electron chi connectivity index (χ4n) is 2.95. The average Bonchev–Trinajstić information content (AvgIpc) is 2.58. The summed E-state index contributed by atoms with van der Waals surface area (Å²) in [4.78, 5) is 0. The Hall–Kier alpha value is -2.86. The summed E-state index contributed by atoms with van der Waals surface area (Å²) in [5.74, 6) is 0. The van der Waals surface area contributed by atoms with Crippen molar-refractivity contribution < 1.29 is 0 Å². The van der Waals surface area contributed by atoms with Gasteiger partial charge in [0.25, 0.3) is 0 Å². The predicted molar refractivity (Wildman–Crippen MR) is 95.2 cm³/mol. The molecule has 0 aliphatic heterocycles. The van der Waals surface area contributed by atoms with Crippen molar-refractivity contribution in [3.8, 4) is 0 Å². The van der Waals surface area contributed by atoms with Gasteiger partial charge in [0.15, 0.2) is 0 Å². The molecule has 0 saturated heterocycles. The lowest BCUT2D eigenvalue weighted by atomic mass is 9.89. The Morgan fingerprint density at radius 1 is 0.455 bits per heavy atom. The Bertz CT molecular complexity index is 867. The minimum atomic E-state index is 1.25. The summed E-state index contributed by atoms with van der Waals surface area (Å²) in [6, 6.07) is 27.7.